The lowest BCUT2D eigenvalue weighted by Gasteiger charge is -2.29. The predicted octanol–water partition coefficient (Wildman–Crippen LogP) is 2.65. The number of nitrogens with one attached hydrogen (secondary N) is 1. The molecule has 8 heteroatoms. The smallest absolute Gasteiger partial charge is 0.254 e. The third-order valence-electron chi connectivity index (χ3n) is 4.51. The van der Waals surface area contributed by atoms with Gasteiger partial charge in [-0.05, 0) is 56.0 Å². The fraction of sp³-hybridized carbons (Fsp3) is 0.316. The summed E-state index contributed by atoms with van der Waals surface area (Å²) in [5, 5.41) is 3.04. The monoisotopic (exact) mass is 432 g/mol. The van der Waals surface area contributed by atoms with Crippen LogP contribution in [0.1, 0.15) is 46.4 Å². The standard InChI is InChI=1S/C19H21BrN4O3/c20-12-8-11(9-13(21)10-12)18(26)24-14-3-5-15(6-4-14)27-19-16(17(22)25)2-1-7-23-19/h1-2,7-10,14-15H,3-6,21H2,(H2,22,25)(H,24,26)/t14-,15-. The summed E-state index contributed by atoms with van der Waals surface area (Å²) in [6.45, 7) is 0. The number of anilines is 1. The average Bonchev–Trinajstić information content (AvgIpc) is 2.63. The summed E-state index contributed by atoms with van der Waals surface area (Å²) < 4.78 is 6.64. The van der Waals surface area contributed by atoms with Crippen molar-refractivity contribution in [2.45, 2.75) is 37.8 Å². The second-order valence-electron chi connectivity index (χ2n) is 6.56. The van der Waals surface area contributed by atoms with Crippen LogP contribution in [0.25, 0.3) is 0 Å². The topological polar surface area (TPSA) is 120 Å². The van der Waals surface area contributed by atoms with Gasteiger partial charge >= 0.3 is 0 Å². The highest BCUT2D eigenvalue weighted by molar-refractivity contribution is 9.10. The Morgan fingerprint density at radius 1 is 1.19 bits per heavy atom. The fourth-order valence-corrected chi connectivity index (χ4v) is 3.68. The Morgan fingerprint density at radius 2 is 1.93 bits per heavy atom. The first-order valence-corrected chi connectivity index (χ1v) is 9.50. The third-order valence-corrected chi connectivity index (χ3v) is 4.96. The lowest BCUT2D eigenvalue weighted by atomic mass is 9.92. The fourth-order valence-electron chi connectivity index (χ4n) is 3.17. The van der Waals surface area contributed by atoms with E-state index in [1.807, 2.05) is 0 Å². The van der Waals surface area contributed by atoms with Gasteiger partial charge < -0.3 is 21.5 Å². The summed E-state index contributed by atoms with van der Waals surface area (Å²) in [7, 11) is 0. The first-order chi connectivity index (χ1) is 12.9. The molecule has 0 bridgehead atoms. The lowest BCUT2D eigenvalue weighted by molar-refractivity contribution is 0.0881. The number of primary amides is 1. The molecule has 0 atom stereocenters. The van der Waals surface area contributed by atoms with Gasteiger partial charge in [-0.15, -0.1) is 0 Å². The molecule has 2 aromatic rings. The van der Waals surface area contributed by atoms with E-state index in [2.05, 4.69) is 26.2 Å². The quantitative estimate of drug-likeness (QED) is 0.627. The number of carbonyl (C=O) groups excluding carboxylic acids is 2. The van der Waals surface area contributed by atoms with E-state index >= 15 is 0 Å². The maximum absolute atomic E-state index is 12.4. The number of ether oxygens (including phenoxy) is 1. The number of rotatable bonds is 5. The van der Waals surface area contributed by atoms with E-state index in [-0.39, 0.29) is 29.5 Å². The third kappa shape index (κ3) is 4.97. The van der Waals surface area contributed by atoms with Gasteiger partial charge in [0, 0.05) is 28.0 Å². The molecule has 0 spiro atoms. The number of benzene rings is 1. The van der Waals surface area contributed by atoms with Crippen molar-refractivity contribution in [2.75, 3.05) is 5.73 Å². The maximum atomic E-state index is 12.4. The molecule has 0 unspecified atom stereocenters. The van der Waals surface area contributed by atoms with Gasteiger partial charge in [-0.3, -0.25) is 9.59 Å². The van der Waals surface area contributed by atoms with Crippen LogP contribution in [0, 0.1) is 0 Å². The van der Waals surface area contributed by atoms with Crippen LogP contribution in [-0.4, -0.2) is 28.9 Å². The SMILES string of the molecule is NC(=O)c1cccnc1O[C@H]1CC[C@H](NC(=O)c2cc(N)cc(Br)c2)CC1. The lowest BCUT2D eigenvalue weighted by Crippen LogP contribution is -2.39. The van der Waals surface area contributed by atoms with Crippen molar-refractivity contribution in [2.24, 2.45) is 5.73 Å². The summed E-state index contributed by atoms with van der Waals surface area (Å²) in [5.41, 5.74) is 12.5. The highest BCUT2D eigenvalue weighted by Gasteiger charge is 2.25. The molecule has 1 fully saturated rings. The predicted molar refractivity (Wildman–Crippen MR) is 105 cm³/mol. The number of amides is 2. The molecular formula is C19H21BrN4O3. The van der Waals surface area contributed by atoms with Crippen molar-refractivity contribution in [1.29, 1.82) is 0 Å². The van der Waals surface area contributed by atoms with Crippen molar-refractivity contribution in [1.82, 2.24) is 10.3 Å². The van der Waals surface area contributed by atoms with Crippen LogP contribution in [0.5, 0.6) is 5.88 Å². The Hall–Kier alpha value is -2.61. The first kappa shape index (κ1) is 19.2. The zero-order valence-corrected chi connectivity index (χ0v) is 16.2. The Balaban J connectivity index is 1.55. The molecule has 2 amide bonds. The molecular weight excluding hydrogens is 412 g/mol. The van der Waals surface area contributed by atoms with E-state index in [1.165, 1.54) is 0 Å². The number of carbonyl (C=O) groups is 2. The number of halogens is 1. The summed E-state index contributed by atoms with van der Waals surface area (Å²) in [4.78, 5) is 28.0. The molecule has 27 heavy (non-hydrogen) atoms. The second-order valence-corrected chi connectivity index (χ2v) is 7.47. The largest absolute Gasteiger partial charge is 0.474 e. The van der Waals surface area contributed by atoms with E-state index in [9.17, 15) is 9.59 Å². The van der Waals surface area contributed by atoms with Crippen molar-refractivity contribution in [3.05, 3.63) is 52.1 Å². The minimum absolute atomic E-state index is 0.0623. The first-order valence-electron chi connectivity index (χ1n) is 8.71. The molecule has 1 aromatic carbocycles. The number of nitrogen functional groups attached to an aromatic ring is 1. The van der Waals surface area contributed by atoms with Crippen LogP contribution in [0.2, 0.25) is 0 Å². The minimum Gasteiger partial charge on any atom is -0.474 e. The molecule has 142 valence electrons. The molecule has 1 saturated carbocycles. The number of nitrogens with two attached hydrogens (primary N) is 2. The van der Waals surface area contributed by atoms with Crippen molar-refractivity contribution in [3.8, 4) is 5.88 Å². The summed E-state index contributed by atoms with van der Waals surface area (Å²) in [5.74, 6) is -0.442. The van der Waals surface area contributed by atoms with Gasteiger partial charge in [0.1, 0.15) is 11.7 Å². The number of hydrogen-bond acceptors (Lipinski definition) is 5. The van der Waals surface area contributed by atoms with E-state index in [4.69, 9.17) is 16.2 Å². The molecule has 0 saturated heterocycles. The van der Waals surface area contributed by atoms with Gasteiger partial charge in [-0.25, -0.2) is 4.98 Å². The van der Waals surface area contributed by atoms with Gasteiger partial charge in [0.15, 0.2) is 0 Å². The van der Waals surface area contributed by atoms with Crippen LogP contribution in [0.3, 0.4) is 0 Å². The zero-order chi connectivity index (χ0) is 19.4. The molecule has 1 aliphatic carbocycles. The zero-order valence-electron chi connectivity index (χ0n) is 14.7. The van der Waals surface area contributed by atoms with E-state index in [0.717, 1.165) is 30.2 Å². The van der Waals surface area contributed by atoms with Crippen molar-refractivity contribution in [3.63, 3.8) is 0 Å². The normalized spacial score (nSPS) is 19.3. The van der Waals surface area contributed by atoms with Gasteiger partial charge in [0.05, 0.1) is 0 Å². The average molecular weight is 433 g/mol. The van der Waals surface area contributed by atoms with Crippen LogP contribution in [0.4, 0.5) is 5.69 Å². The molecule has 1 aromatic heterocycles. The van der Waals surface area contributed by atoms with E-state index < -0.39 is 5.91 Å². The second kappa shape index (κ2) is 8.39. The van der Waals surface area contributed by atoms with Crippen LogP contribution < -0.4 is 21.5 Å². The minimum atomic E-state index is -0.563. The number of aromatic nitrogens is 1. The summed E-state index contributed by atoms with van der Waals surface area (Å²) in [6.07, 6.45) is 4.56. The van der Waals surface area contributed by atoms with Crippen LogP contribution >= 0.6 is 15.9 Å². The Morgan fingerprint density at radius 3 is 2.59 bits per heavy atom. The van der Waals surface area contributed by atoms with E-state index in [1.54, 1.807) is 36.5 Å². The van der Waals surface area contributed by atoms with Gasteiger partial charge in [0.25, 0.3) is 11.8 Å². The molecule has 5 N–H and O–H groups in total. The molecule has 0 aliphatic heterocycles. The number of hydrogen-bond donors (Lipinski definition) is 3. The molecule has 1 heterocycles. The van der Waals surface area contributed by atoms with Gasteiger partial charge in [-0.1, -0.05) is 15.9 Å². The van der Waals surface area contributed by atoms with Gasteiger partial charge in [0.2, 0.25) is 5.88 Å². The molecule has 0 radical (unpaired) electrons. The Labute approximate surface area is 165 Å². The molecule has 3 rings (SSSR count). The number of nitrogens with zero attached hydrogens (tertiary/aromatic N) is 1. The Bertz CT molecular complexity index is 830. The van der Waals surface area contributed by atoms with Crippen molar-refractivity contribution >= 4 is 33.4 Å². The van der Waals surface area contributed by atoms with E-state index in [0.29, 0.717) is 11.3 Å². The maximum Gasteiger partial charge on any atom is 0.254 e. The Kier molecular flexibility index (Phi) is 5.95. The van der Waals surface area contributed by atoms with Crippen molar-refractivity contribution < 1.29 is 14.3 Å². The highest BCUT2D eigenvalue weighted by Crippen LogP contribution is 2.25. The van der Waals surface area contributed by atoms with Crippen LogP contribution in [0.15, 0.2) is 41.0 Å². The number of pyridine rings is 1. The molecule has 1 aliphatic rings. The summed E-state index contributed by atoms with van der Waals surface area (Å²) in [6, 6.07) is 8.46. The van der Waals surface area contributed by atoms with Gasteiger partial charge in [-0.2, -0.15) is 0 Å². The summed E-state index contributed by atoms with van der Waals surface area (Å²) >= 11 is 3.35. The highest BCUT2D eigenvalue weighted by atomic mass is 79.9. The molecule has 7 nitrogen and oxygen atoms in total. The van der Waals surface area contributed by atoms with Crippen LogP contribution in [-0.2, 0) is 0 Å².